The fraction of sp³-hybridized carbons (Fsp3) is 0.591. The van der Waals surface area contributed by atoms with Gasteiger partial charge in [0.05, 0.1) is 0 Å². The molecule has 6 nitrogen and oxygen atoms in total. The van der Waals surface area contributed by atoms with Crippen LogP contribution in [0.5, 0.6) is 0 Å². The summed E-state index contributed by atoms with van der Waals surface area (Å²) in [5.74, 6) is 0.874. The van der Waals surface area contributed by atoms with Gasteiger partial charge in [-0.3, -0.25) is 0 Å². The minimum Gasteiger partial charge on any atom is -0.343 e. The summed E-state index contributed by atoms with van der Waals surface area (Å²) in [6, 6.07) is 9.15. The predicted octanol–water partition coefficient (Wildman–Crippen LogP) is 3.99. The molecule has 1 aromatic heterocycles. The number of nitrogens with zero attached hydrogens (tertiary/aromatic N) is 4. The molecule has 0 bridgehead atoms. The molecule has 1 saturated heterocycles. The van der Waals surface area contributed by atoms with Crippen molar-refractivity contribution in [3.05, 3.63) is 41.2 Å². The molecule has 1 aliphatic carbocycles. The van der Waals surface area contributed by atoms with Gasteiger partial charge < -0.3 is 15.1 Å². The highest BCUT2D eigenvalue weighted by molar-refractivity contribution is 7.09. The number of aromatic nitrogens is 2. The lowest BCUT2D eigenvalue weighted by molar-refractivity contribution is 0.165. The average Bonchev–Trinajstić information content (AvgIpc) is 3.19. The van der Waals surface area contributed by atoms with Crippen LogP contribution in [-0.4, -0.2) is 52.0 Å². The van der Waals surface area contributed by atoms with Gasteiger partial charge in [-0.15, -0.1) is 0 Å². The number of aryl methyl sites for hydroxylation is 1. The summed E-state index contributed by atoms with van der Waals surface area (Å²) in [7, 11) is 0. The first-order valence-corrected chi connectivity index (χ1v) is 11.6. The van der Waals surface area contributed by atoms with Crippen LogP contribution in [-0.2, 0) is 6.42 Å². The van der Waals surface area contributed by atoms with E-state index >= 15 is 0 Å². The van der Waals surface area contributed by atoms with Gasteiger partial charge in [0.25, 0.3) is 0 Å². The first kappa shape index (κ1) is 20.1. The monoisotopic (exact) mass is 413 g/mol. The Labute approximate surface area is 177 Å². The number of anilines is 1. The molecular formula is C22H31N5OS. The van der Waals surface area contributed by atoms with Gasteiger partial charge in [-0.05, 0) is 32.3 Å². The van der Waals surface area contributed by atoms with Crippen LogP contribution < -0.4 is 10.2 Å². The van der Waals surface area contributed by atoms with Gasteiger partial charge in [0.2, 0.25) is 5.13 Å². The van der Waals surface area contributed by atoms with Crippen LogP contribution in [0, 0.1) is 6.92 Å². The van der Waals surface area contributed by atoms with Crippen LogP contribution in [0.1, 0.15) is 56.0 Å². The van der Waals surface area contributed by atoms with Crippen molar-refractivity contribution < 1.29 is 4.79 Å². The number of carbonyl (C=O) groups is 1. The zero-order valence-electron chi connectivity index (χ0n) is 17.4. The molecule has 7 heteroatoms. The molecule has 2 amide bonds. The largest absolute Gasteiger partial charge is 0.343 e. The molecule has 1 saturated carbocycles. The Hall–Kier alpha value is -2.15. The first-order chi connectivity index (χ1) is 14.1. The molecule has 0 unspecified atom stereocenters. The van der Waals surface area contributed by atoms with E-state index < -0.39 is 0 Å². The third kappa shape index (κ3) is 5.07. The lowest BCUT2D eigenvalue weighted by Gasteiger charge is -2.40. The number of benzene rings is 1. The fourth-order valence-electron chi connectivity index (χ4n) is 4.27. The lowest BCUT2D eigenvalue weighted by Crippen LogP contribution is -2.58. The van der Waals surface area contributed by atoms with E-state index in [1.54, 1.807) is 0 Å². The Kier molecular flexibility index (Phi) is 6.33. The van der Waals surface area contributed by atoms with Crippen LogP contribution in [0.15, 0.2) is 24.3 Å². The maximum atomic E-state index is 12.7. The summed E-state index contributed by atoms with van der Waals surface area (Å²) in [6.45, 7) is 6.56. The number of urea groups is 1. The number of carbonyl (C=O) groups excluding carboxylic acids is 1. The van der Waals surface area contributed by atoms with Crippen molar-refractivity contribution in [1.82, 2.24) is 19.6 Å². The third-order valence-electron chi connectivity index (χ3n) is 6.03. The lowest BCUT2D eigenvalue weighted by atomic mass is 9.96. The van der Waals surface area contributed by atoms with Crippen LogP contribution in [0.25, 0.3) is 0 Å². The Balaban J connectivity index is 1.31. The normalized spacial score (nSPS) is 20.7. The third-order valence-corrected chi connectivity index (χ3v) is 6.85. The van der Waals surface area contributed by atoms with E-state index in [1.165, 1.54) is 41.9 Å². The quantitative estimate of drug-likeness (QED) is 0.823. The zero-order chi connectivity index (χ0) is 20.2. The van der Waals surface area contributed by atoms with E-state index in [4.69, 9.17) is 4.98 Å². The molecule has 1 aliphatic heterocycles. The minimum atomic E-state index is 0.0985. The van der Waals surface area contributed by atoms with Gasteiger partial charge in [-0.2, -0.15) is 4.37 Å². The Morgan fingerprint density at radius 2 is 1.93 bits per heavy atom. The standard InChI is InChI=1S/C22H31N5OS/c1-16-8-10-18(11-9-16)14-20-24-22(29-25-20)26-12-13-27(17(2)15-26)21(28)23-19-6-4-3-5-7-19/h8-11,17,19H,3-7,12-15H2,1-2H3,(H,23,28)/t17-/m0/s1. The summed E-state index contributed by atoms with van der Waals surface area (Å²) < 4.78 is 4.56. The summed E-state index contributed by atoms with van der Waals surface area (Å²) >= 11 is 1.46. The summed E-state index contributed by atoms with van der Waals surface area (Å²) in [5.41, 5.74) is 2.50. The van der Waals surface area contributed by atoms with Gasteiger partial charge in [0.15, 0.2) is 0 Å². The van der Waals surface area contributed by atoms with Gasteiger partial charge in [-0.25, -0.2) is 9.78 Å². The van der Waals surface area contributed by atoms with Crippen molar-refractivity contribution in [3.8, 4) is 0 Å². The highest BCUT2D eigenvalue weighted by Crippen LogP contribution is 2.23. The Bertz CT molecular complexity index is 815. The molecule has 2 aliphatic rings. The molecule has 4 rings (SSSR count). The number of hydrogen-bond donors (Lipinski definition) is 1. The van der Waals surface area contributed by atoms with Crippen molar-refractivity contribution >= 4 is 22.7 Å². The second kappa shape index (κ2) is 9.11. The maximum Gasteiger partial charge on any atom is 0.317 e. The van der Waals surface area contributed by atoms with E-state index in [0.29, 0.717) is 6.04 Å². The maximum absolute atomic E-state index is 12.7. The molecule has 1 atom stereocenters. The topological polar surface area (TPSA) is 61.4 Å². The molecule has 156 valence electrons. The second-order valence-electron chi connectivity index (χ2n) is 8.43. The molecule has 29 heavy (non-hydrogen) atoms. The molecule has 0 radical (unpaired) electrons. The van der Waals surface area contributed by atoms with Gasteiger partial charge in [-0.1, -0.05) is 49.1 Å². The smallest absolute Gasteiger partial charge is 0.317 e. The SMILES string of the molecule is Cc1ccc(Cc2nsc(N3CCN(C(=O)NC4CCCCC4)[C@@H](C)C3)n2)cc1. The number of hydrogen-bond acceptors (Lipinski definition) is 5. The minimum absolute atomic E-state index is 0.0985. The first-order valence-electron chi connectivity index (χ1n) is 10.8. The number of rotatable bonds is 4. The van der Waals surface area contributed by atoms with Crippen LogP contribution in [0.2, 0.25) is 0 Å². The Morgan fingerprint density at radius 1 is 1.17 bits per heavy atom. The molecule has 2 fully saturated rings. The van der Waals surface area contributed by atoms with E-state index in [-0.39, 0.29) is 12.1 Å². The second-order valence-corrected chi connectivity index (χ2v) is 9.16. The zero-order valence-corrected chi connectivity index (χ0v) is 18.2. The van der Waals surface area contributed by atoms with E-state index in [0.717, 1.165) is 49.9 Å². The van der Waals surface area contributed by atoms with Gasteiger partial charge in [0, 0.05) is 49.7 Å². The van der Waals surface area contributed by atoms with Crippen molar-refractivity contribution in [2.24, 2.45) is 0 Å². The van der Waals surface area contributed by atoms with Crippen molar-refractivity contribution in [2.45, 2.75) is 64.5 Å². The van der Waals surface area contributed by atoms with Crippen LogP contribution in [0.4, 0.5) is 9.93 Å². The molecule has 1 N–H and O–H groups in total. The van der Waals surface area contributed by atoms with Gasteiger partial charge >= 0.3 is 6.03 Å². The summed E-state index contributed by atoms with van der Waals surface area (Å²) in [5, 5.41) is 4.22. The molecule has 1 aromatic carbocycles. The molecule has 0 spiro atoms. The van der Waals surface area contributed by atoms with Gasteiger partial charge in [0.1, 0.15) is 5.82 Å². The predicted molar refractivity (Wildman–Crippen MR) is 118 cm³/mol. The van der Waals surface area contributed by atoms with E-state index in [1.807, 2.05) is 4.90 Å². The Morgan fingerprint density at radius 3 is 2.66 bits per heavy atom. The van der Waals surface area contributed by atoms with Crippen LogP contribution in [0.3, 0.4) is 0 Å². The van der Waals surface area contributed by atoms with Crippen molar-refractivity contribution in [1.29, 1.82) is 0 Å². The van der Waals surface area contributed by atoms with E-state index in [2.05, 4.69) is 52.7 Å². The fourth-order valence-corrected chi connectivity index (χ4v) is 4.99. The number of nitrogens with one attached hydrogen (secondary N) is 1. The average molecular weight is 414 g/mol. The number of piperazine rings is 1. The summed E-state index contributed by atoms with van der Waals surface area (Å²) in [4.78, 5) is 21.7. The molecular weight excluding hydrogens is 382 g/mol. The van der Waals surface area contributed by atoms with Crippen LogP contribution >= 0.6 is 11.5 Å². The highest BCUT2D eigenvalue weighted by atomic mass is 32.1. The highest BCUT2D eigenvalue weighted by Gasteiger charge is 2.30. The molecule has 2 heterocycles. The van der Waals surface area contributed by atoms with Crippen molar-refractivity contribution in [3.63, 3.8) is 0 Å². The van der Waals surface area contributed by atoms with Crippen molar-refractivity contribution in [2.75, 3.05) is 24.5 Å². The molecule has 2 aromatic rings. The van der Waals surface area contributed by atoms with E-state index in [9.17, 15) is 4.79 Å². The number of amides is 2. The summed E-state index contributed by atoms with van der Waals surface area (Å²) in [6.07, 6.45) is 6.76.